The van der Waals surface area contributed by atoms with Gasteiger partial charge in [-0.05, 0) is 109 Å². The van der Waals surface area contributed by atoms with E-state index in [1.165, 1.54) is 57.7 Å². The van der Waals surface area contributed by atoms with Crippen molar-refractivity contribution in [1.82, 2.24) is 63.9 Å². The zero-order chi connectivity index (χ0) is 54.5. The van der Waals surface area contributed by atoms with Gasteiger partial charge in [-0.25, -0.2) is 45.6 Å². The number of aromatic nitrogens is 10. The Morgan fingerprint density at radius 3 is 1.54 bits per heavy atom. The van der Waals surface area contributed by atoms with Gasteiger partial charge in [0.1, 0.15) is 33.0 Å². The molecule has 2 saturated heterocycles. The Hall–Kier alpha value is -0.695. The second-order valence-electron chi connectivity index (χ2n) is 19.9. The second kappa shape index (κ2) is 35.5. The first-order valence-electron chi connectivity index (χ1n) is 23.8. The van der Waals surface area contributed by atoms with Gasteiger partial charge in [-0.3, -0.25) is 23.7 Å². The zero-order valence-corrected chi connectivity index (χ0v) is 65.1. The normalized spacial score (nSPS) is 16.9. The van der Waals surface area contributed by atoms with Crippen molar-refractivity contribution in [3.8, 4) is 23.4 Å². The van der Waals surface area contributed by atoms with Crippen LogP contribution in [0.25, 0.3) is 11.6 Å². The van der Waals surface area contributed by atoms with Gasteiger partial charge in [0.15, 0.2) is 11.6 Å². The topological polar surface area (TPSA) is 307 Å². The average Bonchev–Trinajstić information content (AvgIpc) is 3.84. The maximum Gasteiger partial charge on any atom is 1.00 e. The zero-order valence-electron chi connectivity index (χ0n) is 48.4. The molecule has 6 aromatic rings. The summed E-state index contributed by atoms with van der Waals surface area (Å²) in [5.74, 6) is 1.90. The second-order valence-corrected chi connectivity index (χ2v) is 23.7. The van der Waals surface area contributed by atoms with Crippen molar-refractivity contribution < 1.29 is 229 Å². The van der Waals surface area contributed by atoms with Gasteiger partial charge in [-0.15, -0.1) is 22.6 Å². The summed E-state index contributed by atoms with van der Waals surface area (Å²) in [7, 11) is -4.99. The minimum Gasteiger partial charge on any atom is -1.00 e. The quantitative estimate of drug-likeness (QED) is 0.0300. The molecule has 25 nitrogen and oxygen atoms in total. The Morgan fingerprint density at radius 2 is 1.20 bits per heavy atom. The van der Waals surface area contributed by atoms with Crippen molar-refractivity contribution in [2.45, 2.75) is 113 Å². The number of ether oxygens (including phenoxy) is 2. The molecular formula is C47H66Cl2CsFK2N14O11S4. The van der Waals surface area contributed by atoms with E-state index in [0.717, 1.165) is 44.2 Å². The van der Waals surface area contributed by atoms with Crippen molar-refractivity contribution in [1.29, 1.82) is 0 Å². The van der Waals surface area contributed by atoms with Crippen LogP contribution in [0.1, 0.15) is 102 Å². The number of hydrogen-bond donors (Lipinski definition) is 3. The number of anilines is 1. The predicted octanol–water partition coefficient (Wildman–Crippen LogP) is -7.80. The number of carbonyl (C=O) groups excluding carboxylic acids is 3. The number of nitrogens with zero attached hydrogens (tertiary/aromatic N) is 11. The van der Waals surface area contributed by atoms with Crippen LogP contribution in [-0.2, 0) is 43.8 Å². The van der Waals surface area contributed by atoms with E-state index in [2.05, 4.69) is 86.7 Å². The third kappa shape index (κ3) is 23.4. The number of carbonyl (C=O) groups is 3. The Balaban J connectivity index is 0. The molecular weight excluding hydrogens is 1370 g/mol. The summed E-state index contributed by atoms with van der Waals surface area (Å²) in [4.78, 5) is 47.6. The molecule has 2 aliphatic heterocycles. The summed E-state index contributed by atoms with van der Waals surface area (Å²) in [5.41, 5.74) is 0.232. The molecule has 2 atom stereocenters. The molecule has 82 heavy (non-hydrogen) atoms. The number of rotatable bonds is 14. The van der Waals surface area contributed by atoms with Gasteiger partial charge in [-0.2, -0.15) is 37.2 Å². The maximum absolute atomic E-state index is 13.3. The molecule has 0 unspecified atom stereocenters. The van der Waals surface area contributed by atoms with Crippen molar-refractivity contribution in [2.75, 3.05) is 18.0 Å². The average molecular weight is 1430 g/mol. The van der Waals surface area contributed by atoms with Crippen LogP contribution in [-0.4, -0.2) is 121 Å². The molecule has 3 N–H and O–H groups in total. The first-order chi connectivity index (χ1) is 35.3. The van der Waals surface area contributed by atoms with Crippen molar-refractivity contribution in [3.63, 3.8) is 0 Å². The van der Waals surface area contributed by atoms with Crippen LogP contribution >= 0.6 is 51.0 Å². The van der Waals surface area contributed by atoms with Crippen molar-refractivity contribution >= 4 is 95.2 Å². The van der Waals surface area contributed by atoms with Gasteiger partial charge in [-0.1, -0.05) is 25.4 Å². The summed E-state index contributed by atoms with van der Waals surface area (Å²) in [5, 5.41) is 28.1. The molecule has 0 radical (unpaired) electrons. The van der Waals surface area contributed by atoms with E-state index < -0.39 is 31.9 Å². The molecule has 8 heterocycles. The molecule has 2 amide bonds. The van der Waals surface area contributed by atoms with Crippen LogP contribution in [0.4, 0.5) is 5.82 Å². The number of aryl methyl sites for hydroxylation is 2. The Morgan fingerprint density at radius 1 is 0.756 bits per heavy atom. The fraction of sp³-hybridized carbons (Fsp3) is 0.468. The fourth-order valence-corrected chi connectivity index (χ4v) is 10.5. The number of sulfonamides is 2. The van der Waals surface area contributed by atoms with E-state index >= 15 is 0 Å². The minimum atomic E-state index is -4.09. The molecule has 4 aliphatic rings. The summed E-state index contributed by atoms with van der Waals surface area (Å²) in [6.45, 7) is 14.9. The van der Waals surface area contributed by atoms with E-state index in [1.54, 1.807) is 55.4 Å². The fourth-order valence-electron chi connectivity index (χ4n) is 8.35. The minimum absolute atomic E-state index is 0. The summed E-state index contributed by atoms with van der Waals surface area (Å²) < 4.78 is 71.2. The first-order valence-corrected chi connectivity index (χ1v) is 27.2. The molecule has 6 aromatic heterocycles. The van der Waals surface area contributed by atoms with E-state index in [9.17, 15) is 26.4 Å². The molecule has 438 valence electrons. The molecule has 2 saturated carbocycles. The smallest absolute Gasteiger partial charge is 1.00 e. The van der Waals surface area contributed by atoms with Crippen LogP contribution in [0.3, 0.4) is 0 Å². The van der Waals surface area contributed by atoms with Crippen LogP contribution in [0.15, 0.2) is 83.4 Å². The van der Waals surface area contributed by atoms with E-state index in [-0.39, 0.29) is 267 Å². The van der Waals surface area contributed by atoms with Gasteiger partial charge in [0.2, 0.25) is 11.8 Å². The number of nitrogens with one attached hydrogen (secondary N) is 3. The SMILES string of the molecule is C[C@@H]1CN(c2nc(-n3ccc(OC4CC4)n3)ccc2C(=O)NS(=O)(=O)c2cnn(C)c2)C(C)(C)C1.C[C@@H]1CNC(C)(C)C1.Cl.Cn1cc(S(=O)(=O)NC(=O)c2ccc(-n3ccc(OC4CC4)n3)nc2Cl)cn1.O=CO[O-].S.S.[Cs+].[F-].[H-].[K+].[K+]. The Kier molecular flexibility index (Phi) is 35.2. The largest absolute Gasteiger partial charge is 1.00 e. The Bertz CT molecular complexity index is 3270. The molecule has 10 rings (SSSR count). The summed E-state index contributed by atoms with van der Waals surface area (Å²) in [6.07, 6.45) is 15.1. The van der Waals surface area contributed by atoms with Gasteiger partial charge >= 0.3 is 172 Å². The molecule has 35 heteroatoms. The Labute approximate surface area is 646 Å². The van der Waals surface area contributed by atoms with Crippen LogP contribution < -0.4 is 211 Å². The van der Waals surface area contributed by atoms with Crippen LogP contribution in [0.5, 0.6) is 11.8 Å². The molecule has 0 aromatic carbocycles. The summed E-state index contributed by atoms with van der Waals surface area (Å²) >= 11 is 6.10. The van der Waals surface area contributed by atoms with Crippen LogP contribution in [0, 0.1) is 11.8 Å². The standard InChI is InChI=1S/C23H29N7O4S.C16H15ClN6O4S.C7H15N.CH2O3.ClH.Cs.FH.2K.2H2S.H/c1-15-11-23(2,3)29(13-15)21-18(22(31)27-35(32,33)17-12-24-28(4)14-17)7-8-19(25-21)30-10-9-20(26-30)34-16-5-6-16;1-22-9-11(8-18-22)28(25,26)21-16(24)12-4-5-13(19-15(12)17)23-7-6-14(20-23)27-10-2-3-10;1-6-4-7(2,3)8-5-6;2-1-4-3;;;;;;;;/h7-10,12,14-16H,5-6,11,13H2,1-4H3,(H,27,31);4-10H,2-3H2,1H3,(H,21,24);6,8H,4-5H2,1-3H3;1,3H;1H;;1H;;;2*1H2;/q;;;;;+1;;2*+1;;;-1/p-2/t15-;;6-;;;;;;;;;/m0.0........./s1. The molecule has 4 fully saturated rings. The molecule has 0 spiro atoms. The summed E-state index contributed by atoms with van der Waals surface area (Å²) in [6, 6.07) is 9.61. The molecule has 2 aliphatic carbocycles. The van der Waals surface area contributed by atoms with E-state index in [0.29, 0.717) is 47.2 Å². The molecule has 0 bridgehead atoms. The predicted molar refractivity (Wildman–Crippen MR) is 298 cm³/mol. The van der Waals surface area contributed by atoms with Gasteiger partial charge in [0.25, 0.3) is 38.3 Å². The first kappa shape index (κ1) is 81.3. The monoisotopic (exact) mass is 1430 g/mol. The third-order valence-corrected chi connectivity index (χ3v) is 14.9. The third-order valence-electron chi connectivity index (χ3n) is 12.0. The van der Waals surface area contributed by atoms with Gasteiger partial charge in [0, 0.05) is 68.6 Å². The van der Waals surface area contributed by atoms with Gasteiger partial charge < -0.3 is 36.0 Å². The number of hydrogen-bond acceptors (Lipinski definition) is 19. The number of pyridine rings is 2. The van der Waals surface area contributed by atoms with Crippen molar-refractivity contribution in [2.24, 2.45) is 25.9 Å². The van der Waals surface area contributed by atoms with Crippen molar-refractivity contribution in [3.05, 3.63) is 89.9 Å². The van der Waals surface area contributed by atoms with E-state index in [4.69, 9.17) is 36.1 Å². The van der Waals surface area contributed by atoms with Gasteiger partial charge in [0.05, 0.1) is 23.5 Å². The number of amides is 2. The number of halogens is 3. The van der Waals surface area contributed by atoms with E-state index in [1.807, 2.05) is 4.72 Å². The maximum atomic E-state index is 13.3. The van der Waals surface area contributed by atoms with Crippen LogP contribution in [0.2, 0.25) is 5.15 Å².